The van der Waals surface area contributed by atoms with Crippen LogP contribution < -0.4 is 15.4 Å². The molecular weight excluding hydrogens is 402 g/mol. The van der Waals surface area contributed by atoms with Crippen LogP contribution in [0.15, 0.2) is 71.6 Å². The van der Waals surface area contributed by atoms with Crippen molar-refractivity contribution in [3.63, 3.8) is 0 Å². The number of sulfonamides is 1. The van der Waals surface area contributed by atoms with E-state index in [0.717, 1.165) is 22.4 Å². The number of aryl methyl sites for hydroxylation is 3. The second kappa shape index (κ2) is 8.63. The lowest BCUT2D eigenvalue weighted by Gasteiger charge is -2.15. The quantitative estimate of drug-likeness (QED) is 0.489. The van der Waals surface area contributed by atoms with E-state index in [1.165, 1.54) is 0 Å². The van der Waals surface area contributed by atoms with Crippen LogP contribution >= 0.6 is 12.2 Å². The summed E-state index contributed by atoms with van der Waals surface area (Å²) in [5, 5.41) is 6.55. The minimum absolute atomic E-state index is 0.185. The van der Waals surface area contributed by atoms with Crippen LogP contribution in [-0.4, -0.2) is 13.5 Å². The van der Waals surface area contributed by atoms with Gasteiger partial charge >= 0.3 is 0 Å². The summed E-state index contributed by atoms with van der Waals surface area (Å²) in [6.45, 7) is 5.78. The Labute approximate surface area is 177 Å². The Balaban J connectivity index is 1.71. The van der Waals surface area contributed by atoms with E-state index < -0.39 is 10.0 Å². The Morgan fingerprint density at radius 3 is 1.86 bits per heavy atom. The highest BCUT2D eigenvalue weighted by molar-refractivity contribution is 7.92. The van der Waals surface area contributed by atoms with Gasteiger partial charge in [0.25, 0.3) is 10.0 Å². The summed E-state index contributed by atoms with van der Waals surface area (Å²) >= 11 is 5.30. The molecule has 0 saturated carbocycles. The number of nitrogens with one attached hydrogen (secondary N) is 3. The Morgan fingerprint density at radius 1 is 0.793 bits per heavy atom. The van der Waals surface area contributed by atoms with Gasteiger partial charge in [0, 0.05) is 11.4 Å². The Bertz CT molecular complexity index is 1100. The standard InChI is InChI=1S/C22H23N3O2S2/c1-15-13-16(2)21(17(3)14-15)25-29(26,27)20-11-9-19(10-12-20)24-22(28)23-18-7-5-4-6-8-18/h4-14,25H,1-3H3,(H2,23,24,28). The van der Waals surface area contributed by atoms with Gasteiger partial charge in [0.15, 0.2) is 5.11 Å². The van der Waals surface area contributed by atoms with E-state index in [-0.39, 0.29) is 4.90 Å². The summed E-state index contributed by atoms with van der Waals surface area (Å²) in [6, 6.07) is 19.9. The molecule has 0 radical (unpaired) electrons. The zero-order valence-corrected chi connectivity index (χ0v) is 18.1. The number of thiocarbonyl (C=S) groups is 1. The molecule has 0 saturated heterocycles. The number of hydrogen-bond donors (Lipinski definition) is 3. The normalized spacial score (nSPS) is 11.0. The van der Waals surface area contributed by atoms with Gasteiger partial charge in [-0.15, -0.1) is 0 Å². The van der Waals surface area contributed by atoms with Crippen LogP contribution in [0.4, 0.5) is 17.1 Å². The Kier molecular flexibility index (Phi) is 6.20. The fourth-order valence-electron chi connectivity index (χ4n) is 3.07. The molecule has 3 rings (SSSR count). The molecule has 150 valence electrons. The van der Waals surface area contributed by atoms with E-state index in [4.69, 9.17) is 12.2 Å². The van der Waals surface area contributed by atoms with Crippen molar-refractivity contribution in [2.75, 3.05) is 15.4 Å². The van der Waals surface area contributed by atoms with Crippen molar-refractivity contribution in [2.24, 2.45) is 0 Å². The minimum atomic E-state index is -3.69. The highest BCUT2D eigenvalue weighted by Gasteiger charge is 2.17. The van der Waals surface area contributed by atoms with Gasteiger partial charge in [-0.1, -0.05) is 35.9 Å². The molecule has 5 nitrogen and oxygen atoms in total. The van der Waals surface area contributed by atoms with E-state index in [1.54, 1.807) is 24.3 Å². The molecule has 0 aliphatic heterocycles. The van der Waals surface area contributed by atoms with Gasteiger partial charge in [-0.3, -0.25) is 4.72 Å². The number of benzene rings is 3. The van der Waals surface area contributed by atoms with Crippen LogP contribution in [0.25, 0.3) is 0 Å². The second-order valence-electron chi connectivity index (χ2n) is 6.85. The fourth-order valence-corrected chi connectivity index (χ4v) is 4.51. The van der Waals surface area contributed by atoms with Crippen molar-refractivity contribution in [3.8, 4) is 0 Å². The maximum absolute atomic E-state index is 12.8. The maximum Gasteiger partial charge on any atom is 0.261 e. The van der Waals surface area contributed by atoms with Gasteiger partial charge < -0.3 is 10.6 Å². The van der Waals surface area contributed by atoms with Gasteiger partial charge in [-0.25, -0.2) is 8.42 Å². The number of rotatable bonds is 5. The van der Waals surface area contributed by atoms with E-state index >= 15 is 0 Å². The first-order valence-corrected chi connectivity index (χ1v) is 11.0. The van der Waals surface area contributed by atoms with Gasteiger partial charge in [-0.2, -0.15) is 0 Å². The monoisotopic (exact) mass is 425 g/mol. The van der Waals surface area contributed by atoms with Crippen LogP contribution in [0.2, 0.25) is 0 Å². The molecular formula is C22H23N3O2S2. The van der Waals surface area contributed by atoms with Crippen LogP contribution in [0.3, 0.4) is 0 Å². The molecule has 0 amide bonds. The van der Waals surface area contributed by atoms with Gasteiger partial charge in [0.1, 0.15) is 0 Å². The molecule has 0 aromatic heterocycles. The zero-order valence-electron chi connectivity index (χ0n) is 16.5. The number of anilines is 3. The molecule has 0 fully saturated rings. The summed E-state index contributed by atoms with van der Waals surface area (Å²) in [7, 11) is -3.69. The summed E-state index contributed by atoms with van der Waals surface area (Å²) in [4.78, 5) is 0.185. The second-order valence-corrected chi connectivity index (χ2v) is 8.94. The largest absolute Gasteiger partial charge is 0.332 e. The average molecular weight is 426 g/mol. The Hall–Kier alpha value is -2.90. The van der Waals surface area contributed by atoms with Crippen molar-refractivity contribution < 1.29 is 8.42 Å². The number of hydrogen-bond acceptors (Lipinski definition) is 3. The van der Waals surface area contributed by atoms with E-state index in [0.29, 0.717) is 16.5 Å². The lowest BCUT2D eigenvalue weighted by molar-refractivity contribution is 0.601. The van der Waals surface area contributed by atoms with Crippen molar-refractivity contribution in [1.82, 2.24) is 0 Å². The first-order chi connectivity index (χ1) is 13.7. The molecule has 0 unspecified atom stereocenters. The van der Waals surface area contributed by atoms with Gasteiger partial charge in [-0.05, 0) is 80.5 Å². The molecule has 0 aliphatic carbocycles. The first kappa shape index (κ1) is 20.8. The zero-order chi connectivity index (χ0) is 21.0. The lowest BCUT2D eigenvalue weighted by atomic mass is 10.1. The molecule has 7 heteroatoms. The molecule has 0 bridgehead atoms. The molecule has 3 N–H and O–H groups in total. The molecule has 29 heavy (non-hydrogen) atoms. The smallest absolute Gasteiger partial charge is 0.261 e. The number of para-hydroxylation sites is 1. The van der Waals surface area contributed by atoms with Crippen molar-refractivity contribution in [2.45, 2.75) is 25.7 Å². The third-order valence-electron chi connectivity index (χ3n) is 4.37. The van der Waals surface area contributed by atoms with Crippen LogP contribution in [0, 0.1) is 20.8 Å². The third-order valence-corrected chi connectivity index (χ3v) is 5.94. The molecule has 0 atom stereocenters. The predicted octanol–water partition coefficient (Wildman–Crippen LogP) is 5.22. The highest BCUT2D eigenvalue weighted by Crippen LogP contribution is 2.25. The van der Waals surface area contributed by atoms with Gasteiger partial charge in [0.2, 0.25) is 0 Å². The molecule has 0 spiro atoms. The highest BCUT2D eigenvalue weighted by atomic mass is 32.2. The van der Waals surface area contributed by atoms with Crippen LogP contribution in [-0.2, 0) is 10.0 Å². The van der Waals surface area contributed by atoms with Crippen LogP contribution in [0.5, 0.6) is 0 Å². The van der Waals surface area contributed by atoms with Gasteiger partial charge in [0.05, 0.1) is 10.6 Å². The third kappa shape index (κ3) is 5.34. The lowest BCUT2D eigenvalue weighted by Crippen LogP contribution is -2.19. The van der Waals surface area contributed by atoms with E-state index in [2.05, 4.69) is 15.4 Å². The molecule has 3 aromatic carbocycles. The molecule has 0 aliphatic rings. The minimum Gasteiger partial charge on any atom is -0.332 e. The predicted molar refractivity (Wildman–Crippen MR) is 124 cm³/mol. The molecule has 3 aromatic rings. The SMILES string of the molecule is Cc1cc(C)c(NS(=O)(=O)c2ccc(NC(=S)Nc3ccccc3)cc2)c(C)c1. The molecule has 0 heterocycles. The van der Waals surface area contributed by atoms with Crippen molar-refractivity contribution in [1.29, 1.82) is 0 Å². The van der Waals surface area contributed by atoms with Crippen molar-refractivity contribution in [3.05, 3.63) is 83.4 Å². The maximum atomic E-state index is 12.8. The summed E-state index contributed by atoms with van der Waals surface area (Å²) in [6.07, 6.45) is 0. The van der Waals surface area contributed by atoms with E-state index in [1.807, 2.05) is 63.2 Å². The summed E-state index contributed by atoms with van der Waals surface area (Å²) in [5.74, 6) is 0. The summed E-state index contributed by atoms with van der Waals surface area (Å²) < 4.78 is 28.3. The van der Waals surface area contributed by atoms with E-state index in [9.17, 15) is 8.42 Å². The average Bonchev–Trinajstić information content (AvgIpc) is 2.66. The Morgan fingerprint density at radius 2 is 1.31 bits per heavy atom. The summed E-state index contributed by atoms with van der Waals surface area (Å²) in [5.41, 5.74) is 5.06. The first-order valence-electron chi connectivity index (χ1n) is 9.08. The van der Waals surface area contributed by atoms with Crippen molar-refractivity contribution >= 4 is 44.4 Å². The fraction of sp³-hybridized carbons (Fsp3) is 0.136. The topological polar surface area (TPSA) is 70.2 Å². The van der Waals surface area contributed by atoms with Crippen LogP contribution in [0.1, 0.15) is 16.7 Å².